The molecule has 0 aliphatic rings. The Morgan fingerprint density at radius 2 is 2.14 bits per heavy atom. The van der Waals surface area contributed by atoms with Crippen molar-refractivity contribution < 1.29 is 9.90 Å². The average Bonchev–Trinajstić information content (AvgIpc) is 2.49. The van der Waals surface area contributed by atoms with Crippen LogP contribution < -0.4 is 0 Å². The number of carboxylic acid groups (broad SMARTS) is 1. The maximum atomic E-state index is 10.5. The van der Waals surface area contributed by atoms with Crippen LogP contribution in [0.2, 0.25) is 0 Å². The van der Waals surface area contributed by atoms with E-state index in [2.05, 4.69) is 15.5 Å². The first-order valence-electron chi connectivity index (χ1n) is 4.52. The number of hydrogen-bond donors (Lipinski definition) is 1. The summed E-state index contributed by atoms with van der Waals surface area (Å²) in [5.74, 6) is 0.0719. The van der Waals surface area contributed by atoms with Crippen molar-refractivity contribution >= 4 is 5.97 Å². The van der Waals surface area contributed by atoms with Crippen molar-refractivity contribution in [3.63, 3.8) is 0 Å². The molecule has 0 fully saturated rings. The van der Waals surface area contributed by atoms with E-state index in [0.717, 1.165) is 5.82 Å². The predicted molar refractivity (Wildman–Crippen MR) is 48.9 cm³/mol. The second-order valence-corrected chi connectivity index (χ2v) is 3.58. The molecule has 0 bridgehead atoms. The van der Waals surface area contributed by atoms with Crippen molar-refractivity contribution in [1.29, 1.82) is 0 Å². The summed E-state index contributed by atoms with van der Waals surface area (Å²) in [6.45, 7) is 5.72. The zero-order valence-corrected chi connectivity index (χ0v) is 8.51. The summed E-state index contributed by atoms with van der Waals surface area (Å²) in [5.41, 5.74) is 0. The second-order valence-electron chi connectivity index (χ2n) is 3.58. The summed E-state index contributed by atoms with van der Waals surface area (Å²) in [7, 11) is 0. The van der Waals surface area contributed by atoms with Gasteiger partial charge in [-0.1, -0.05) is 13.8 Å². The Hall–Kier alpha value is -1.46. The number of tetrazole rings is 1. The van der Waals surface area contributed by atoms with Crippen LogP contribution in [0, 0.1) is 0 Å². The topological polar surface area (TPSA) is 80.9 Å². The first-order chi connectivity index (χ1) is 6.52. The predicted octanol–water partition coefficient (Wildman–Crippen LogP) is 0.832. The Labute approximate surface area is 81.9 Å². The Morgan fingerprint density at radius 1 is 1.50 bits per heavy atom. The minimum absolute atomic E-state index is 0.0325. The maximum Gasteiger partial charge on any atom is 0.305 e. The van der Waals surface area contributed by atoms with E-state index in [0.29, 0.717) is 0 Å². The van der Waals surface area contributed by atoms with Crippen molar-refractivity contribution in [2.45, 2.75) is 39.2 Å². The molecule has 0 saturated carbocycles. The van der Waals surface area contributed by atoms with Gasteiger partial charge in [-0.25, -0.2) is 4.68 Å². The number of hydrogen-bond acceptors (Lipinski definition) is 4. The number of aliphatic carboxylic acids is 1. The van der Waals surface area contributed by atoms with Gasteiger partial charge in [0.1, 0.15) is 0 Å². The van der Waals surface area contributed by atoms with Gasteiger partial charge in [-0.2, -0.15) is 0 Å². The molecule has 1 rings (SSSR count). The molecule has 1 aromatic rings. The summed E-state index contributed by atoms with van der Waals surface area (Å²) < 4.78 is 1.57. The highest BCUT2D eigenvalue weighted by Crippen LogP contribution is 2.16. The summed E-state index contributed by atoms with van der Waals surface area (Å²) in [4.78, 5) is 10.5. The molecule has 1 heterocycles. The van der Waals surface area contributed by atoms with Crippen LogP contribution in [-0.2, 0) is 4.79 Å². The summed E-state index contributed by atoms with van der Waals surface area (Å²) >= 11 is 0. The van der Waals surface area contributed by atoms with E-state index >= 15 is 0 Å². The number of rotatable bonds is 4. The van der Waals surface area contributed by atoms with Crippen molar-refractivity contribution in [3.05, 3.63) is 5.82 Å². The van der Waals surface area contributed by atoms with E-state index in [4.69, 9.17) is 5.11 Å². The van der Waals surface area contributed by atoms with E-state index in [-0.39, 0.29) is 18.4 Å². The van der Waals surface area contributed by atoms with Gasteiger partial charge < -0.3 is 5.11 Å². The largest absolute Gasteiger partial charge is 0.481 e. The molecule has 0 saturated heterocycles. The molecule has 6 nitrogen and oxygen atoms in total. The molecule has 1 aromatic heterocycles. The minimum Gasteiger partial charge on any atom is -0.481 e. The average molecular weight is 198 g/mol. The van der Waals surface area contributed by atoms with Crippen LogP contribution in [0.5, 0.6) is 0 Å². The molecule has 0 aliphatic heterocycles. The van der Waals surface area contributed by atoms with E-state index in [1.165, 1.54) is 0 Å². The van der Waals surface area contributed by atoms with Gasteiger partial charge in [-0.15, -0.1) is 5.10 Å². The summed E-state index contributed by atoms with van der Waals surface area (Å²) in [6, 6.07) is -0.208. The van der Waals surface area contributed by atoms with E-state index in [9.17, 15) is 4.79 Å². The quantitative estimate of drug-likeness (QED) is 0.775. The monoisotopic (exact) mass is 198 g/mol. The molecule has 1 unspecified atom stereocenters. The third kappa shape index (κ3) is 2.27. The van der Waals surface area contributed by atoms with Crippen LogP contribution >= 0.6 is 0 Å². The van der Waals surface area contributed by atoms with Crippen molar-refractivity contribution in [3.8, 4) is 0 Å². The maximum absolute atomic E-state index is 10.5. The van der Waals surface area contributed by atoms with Crippen LogP contribution in [0.4, 0.5) is 0 Å². The lowest BCUT2D eigenvalue weighted by Gasteiger charge is -2.12. The van der Waals surface area contributed by atoms with Gasteiger partial charge in [-0.3, -0.25) is 4.79 Å². The molecule has 0 radical (unpaired) electrons. The van der Waals surface area contributed by atoms with Crippen LogP contribution in [0.25, 0.3) is 0 Å². The van der Waals surface area contributed by atoms with Gasteiger partial charge >= 0.3 is 5.97 Å². The standard InChI is InChI=1S/C8H14N4O2/c1-5(2)8-9-10-11-12(8)6(3)4-7(13)14/h5-6H,4H2,1-3H3,(H,13,14). The Kier molecular flexibility index (Phi) is 3.16. The van der Waals surface area contributed by atoms with Crippen LogP contribution in [0.3, 0.4) is 0 Å². The van der Waals surface area contributed by atoms with Crippen molar-refractivity contribution in [2.75, 3.05) is 0 Å². The third-order valence-corrected chi connectivity index (χ3v) is 1.92. The Morgan fingerprint density at radius 3 is 2.64 bits per heavy atom. The molecule has 0 aliphatic carbocycles. The highest BCUT2D eigenvalue weighted by Gasteiger charge is 2.17. The van der Waals surface area contributed by atoms with Crippen LogP contribution in [0.1, 0.15) is 45.0 Å². The van der Waals surface area contributed by atoms with E-state index in [1.54, 1.807) is 11.6 Å². The van der Waals surface area contributed by atoms with Gasteiger partial charge in [0.15, 0.2) is 5.82 Å². The van der Waals surface area contributed by atoms with Gasteiger partial charge in [-0.05, 0) is 17.4 Å². The van der Waals surface area contributed by atoms with Gasteiger partial charge in [0.25, 0.3) is 0 Å². The fraction of sp³-hybridized carbons (Fsp3) is 0.750. The van der Waals surface area contributed by atoms with E-state index < -0.39 is 5.97 Å². The highest BCUT2D eigenvalue weighted by atomic mass is 16.4. The molecule has 78 valence electrons. The zero-order valence-electron chi connectivity index (χ0n) is 8.51. The number of carbonyl (C=O) groups is 1. The Balaban J connectivity index is 2.83. The fourth-order valence-electron chi connectivity index (χ4n) is 1.23. The number of carboxylic acids is 1. The van der Waals surface area contributed by atoms with Crippen molar-refractivity contribution in [1.82, 2.24) is 20.2 Å². The molecule has 0 spiro atoms. The van der Waals surface area contributed by atoms with Crippen LogP contribution in [-0.4, -0.2) is 31.3 Å². The lowest BCUT2D eigenvalue weighted by molar-refractivity contribution is -0.137. The third-order valence-electron chi connectivity index (χ3n) is 1.92. The SMILES string of the molecule is CC(C)c1nnnn1C(C)CC(=O)O. The van der Waals surface area contributed by atoms with Crippen molar-refractivity contribution in [2.24, 2.45) is 0 Å². The molecule has 0 amide bonds. The first kappa shape index (κ1) is 10.6. The van der Waals surface area contributed by atoms with Crippen LogP contribution in [0.15, 0.2) is 0 Å². The molecule has 0 aromatic carbocycles. The second kappa shape index (κ2) is 4.17. The summed E-state index contributed by atoms with van der Waals surface area (Å²) in [5, 5.41) is 19.8. The lowest BCUT2D eigenvalue weighted by atomic mass is 10.2. The van der Waals surface area contributed by atoms with Gasteiger partial charge in [0, 0.05) is 5.92 Å². The Bertz CT molecular complexity index is 321. The van der Waals surface area contributed by atoms with Gasteiger partial charge in [0.05, 0.1) is 12.5 Å². The number of aromatic nitrogens is 4. The smallest absolute Gasteiger partial charge is 0.305 e. The molecule has 1 N–H and O–H groups in total. The highest BCUT2D eigenvalue weighted by molar-refractivity contribution is 5.67. The molecule has 6 heteroatoms. The van der Waals surface area contributed by atoms with Gasteiger partial charge in [0.2, 0.25) is 0 Å². The molecular weight excluding hydrogens is 184 g/mol. The summed E-state index contributed by atoms with van der Waals surface area (Å²) in [6.07, 6.45) is 0.0325. The molecular formula is C8H14N4O2. The van der Waals surface area contributed by atoms with E-state index in [1.807, 2.05) is 13.8 Å². The first-order valence-corrected chi connectivity index (χ1v) is 4.52. The zero-order chi connectivity index (χ0) is 10.7. The fourth-order valence-corrected chi connectivity index (χ4v) is 1.23. The molecule has 1 atom stereocenters. The number of nitrogens with zero attached hydrogens (tertiary/aromatic N) is 4. The lowest BCUT2D eigenvalue weighted by Crippen LogP contribution is -2.15. The normalized spacial score (nSPS) is 13.1. The minimum atomic E-state index is -0.845. The molecule has 14 heavy (non-hydrogen) atoms.